The van der Waals surface area contributed by atoms with Crippen LogP contribution in [0, 0.1) is 0 Å². The van der Waals surface area contributed by atoms with E-state index < -0.39 is 0 Å². The van der Waals surface area contributed by atoms with Crippen LogP contribution in [0.2, 0.25) is 4.34 Å². The van der Waals surface area contributed by atoms with E-state index in [1.54, 1.807) is 10.9 Å². The van der Waals surface area contributed by atoms with Crippen LogP contribution in [0.3, 0.4) is 0 Å². The highest BCUT2D eigenvalue weighted by Gasteiger charge is 1.97. The molecule has 0 spiro atoms. The summed E-state index contributed by atoms with van der Waals surface area (Å²) in [4.78, 5) is 0. The molecule has 2 heterocycles. The molecular weight excluding hydrogens is 180 g/mol. The first-order valence-corrected chi connectivity index (χ1v) is 4.36. The van der Waals surface area contributed by atoms with Crippen molar-refractivity contribution in [2.75, 3.05) is 0 Å². The topological polar surface area (TPSA) is 17.8 Å². The van der Waals surface area contributed by atoms with Crippen molar-refractivity contribution < 1.29 is 0 Å². The van der Waals surface area contributed by atoms with Gasteiger partial charge in [-0.2, -0.15) is 5.10 Å². The minimum atomic E-state index is 0.788. The fraction of sp³-hybridized carbons (Fsp3) is 0. The van der Waals surface area contributed by atoms with Crippen LogP contribution in [0.5, 0.6) is 0 Å². The number of hydrogen-bond donors (Lipinski definition) is 0. The van der Waals surface area contributed by atoms with Crippen molar-refractivity contribution in [3.8, 4) is 5.69 Å². The number of thiophene rings is 1. The van der Waals surface area contributed by atoms with Gasteiger partial charge in [-0.3, -0.25) is 0 Å². The van der Waals surface area contributed by atoms with Crippen LogP contribution in [0.4, 0.5) is 0 Å². The summed E-state index contributed by atoms with van der Waals surface area (Å²) in [5.41, 5.74) is 1.02. The molecule has 0 amide bonds. The second-order valence-corrected chi connectivity index (χ2v) is 3.60. The largest absolute Gasteiger partial charge is 0.240 e. The lowest BCUT2D eigenvalue weighted by Gasteiger charge is -1.92. The van der Waals surface area contributed by atoms with Gasteiger partial charge < -0.3 is 0 Å². The highest BCUT2D eigenvalue weighted by molar-refractivity contribution is 7.14. The summed E-state index contributed by atoms with van der Waals surface area (Å²) in [6.07, 6.45) is 3.63. The lowest BCUT2D eigenvalue weighted by atomic mass is 10.5. The van der Waals surface area contributed by atoms with Crippen molar-refractivity contribution in [2.24, 2.45) is 0 Å². The van der Waals surface area contributed by atoms with Crippen LogP contribution in [-0.4, -0.2) is 9.78 Å². The second kappa shape index (κ2) is 2.68. The third-order valence-corrected chi connectivity index (χ3v) is 2.40. The van der Waals surface area contributed by atoms with Gasteiger partial charge in [-0.15, -0.1) is 11.3 Å². The molecule has 0 aliphatic heterocycles. The third-order valence-electron chi connectivity index (χ3n) is 1.32. The van der Waals surface area contributed by atoms with E-state index in [4.69, 9.17) is 11.6 Å². The van der Waals surface area contributed by atoms with Gasteiger partial charge in [0.25, 0.3) is 0 Å². The van der Waals surface area contributed by atoms with Crippen molar-refractivity contribution in [1.82, 2.24) is 9.78 Å². The summed E-state index contributed by atoms with van der Waals surface area (Å²) in [6.45, 7) is 0. The van der Waals surface area contributed by atoms with Crippen LogP contribution >= 0.6 is 22.9 Å². The Hall–Kier alpha value is -0.800. The Morgan fingerprint density at radius 1 is 1.55 bits per heavy atom. The molecule has 0 saturated carbocycles. The maximum atomic E-state index is 5.75. The quantitative estimate of drug-likeness (QED) is 0.666. The summed E-state index contributed by atoms with van der Waals surface area (Å²) in [5.74, 6) is 0. The molecule has 56 valence electrons. The maximum Gasteiger partial charge on any atom is 0.0950 e. The van der Waals surface area contributed by atoms with E-state index in [2.05, 4.69) is 5.10 Å². The second-order valence-electron chi connectivity index (χ2n) is 2.06. The smallest absolute Gasteiger partial charge is 0.0950 e. The Kier molecular flexibility index (Phi) is 1.68. The van der Waals surface area contributed by atoms with Crippen LogP contribution in [-0.2, 0) is 0 Å². The van der Waals surface area contributed by atoms with Crippen molar-refractivity contribution in [3.05, 3.63) is 34.2 Å². The van der Waals surface area contributed by atoms with Gasteiger partial charge in [0.2, 0.25) is 0 Å². The molecule has 2 aromatic rings. The number of nitrogens with zero attached hydrogens (tertiary/aromatic N) is 2. The van der Waals surface area contributed by atoms with Crippen LogP contribution < -0.4 is 0 Å². The Morgan fingerprint density at radius 3 is 3.00 bits per heavy atom. The molecular formula is C7H5ClN2S. The maximum absolute atomic E-state index is 5.75. The normalized spacial score (nSPS) is 10.3. The van der Waals surface area contributed by atoms with Crippen LogP contribution in [0.15, 0.2) is 29.9 Å². The first kappa shape index (κ1) is 6.88. The van der Waals surface area contributed by atoms with Gasteiger partial charge in [-0.25, -0.2) is 4.68 Å². The van der Waals surface area contributed by atoms with Gasteiger partial charge in [0.05, 0.1) is 10.0 Å². The summed E-state index contributed by atoms with van der Waals surface area (Å²) < 4.78 is 2.57. The molecule has 0 aromatic carbocycles. The summed E-state index contributed by atoms with van der Waals surface area (Å²) in [6, 6.07) is 3.77. The monoisotopic (exact) mass is 184 g/mol. The molecule has 2 nitrogen and oxygen atoms in total. The fourth-order valence-electron chi connectivity index (χ4n) is 0.843. The molecule has 11 heavy (non-hydrogen) atoms. The van der Waals surface area contributed by atoms with E-state index in [-0.39, 0.29) is 0 Å². The lowest BCUT2D eigenvalue weighted by molar-refractivity contribution is 0.885. The molecule has 0 aliphatic carbocycles. The van der Waals surface area contributed by atoms with Crippen molar-refractivity contribution in [1.29, 1.82) is 0 Å². The molecule has 2 rings (SSSR count). The molecule has 0 aliphatic rings. The van der Waals surface area contributed by atoms with Gasteiger partial charge in [0.1, 0.15) is 0 Å². The van der Waals surface area contributed by atoms with Crippen LogP contribution in [0.1, 0.15) is 0 Å². The Bertz CT molecular complexity index is 339. The Labute approximate surface area is 73.0 Å². The van der Waals surface area contributed by atoms with Gasteiger partial charge in [-0.05, 0) is 12.1 Å². The zero-order valence-corrected chi connectivity index (χ0v) is 7.14. The summed E-state index contributed by atoms with van der Waals surface area (Å²) >= 11 is 7.26. The lowest BCUT2D eigenvalue weighted by Crippen LogP contribution is -1.89. The average molecular weight is 185 g/mol. The molecule has 0 unspecified atom stereocenters. The number of hydrogen-bond acceptors (Lipinski definition) is 2. The standard InChI is InChI=1S/C7H5ClN2S/c8-7-4-6(5-11-7)10-3-1-2-9-10/h1-5H. The van der Waals surface area contributed by atoms with Crippen molar-refractivity contribution in [2.45, 2.75) is 0 Å². The first-order chi connectivity index (χ1) is 5.36. The van der Waals surface area contributed by atoms with Gasteiger partial charge in [0.15, 0.2) is 0 Å². The van der Waals surface area contributed by atoms with Crippen molar-refractivity contribution in [3.63, 3.8) is 0 Å². The fourth-order valence-corrected chi connectivity index (χ4v) is 1.69. The number of halogens is 1. The molecule has 0 atom stereocenters. The Balaban J connectivity index is 2.45. The predicted molar refractivity (Wildman–Crippen MR) is 46.5 cm³/mol. The predicted octanol–water partition coefficient (Wildman–Crippen LogP) is 2.59. The van der Waals surface area contributed by atoms with Gasteiger partial charge >= 0.3 is 0 Å². The molecule has 0 bridgehead atoms. The SMILES string of the molecule is Clc1cc(-n2cccn2)cs1. The molecule has 4 heteroatoms. The molecule has 0 saturated heterocycles. The average Bonchev–Trinajstić information content (AvgIpc) is 2.55. The Morgan fingerprint density at radius 2 is 2.45 bits per heavy atom. The molecule has 0 N–H and O–H groups in total. The highest BCUT2D eigenvalue weighted by Crippen LogP contribution is 2.21. The zero-order valence-electron chi connectivity index (χ0n) is 5.57. The van der Waals surface area contributed by atoms with E-state index in [9.17, 15) is 0 Å². The highest BCUT2D eigenvalue weighted by atomic mass is 35.5. The number of rotatable bonds is 1. The third kappa shape index (κ3) is 1.29. The van der Waals surface area contributed by atoms with Gasteiger partial charge in [0, 0.05) is 17.8 Å². The van der Waals surface area contributed by atoms with E-state index in [0.29, 0.717) is 0 Å². The zero-order chi connectivity index (χ0) is 7.68. The van der Waals surface area contributed by atoms with Gasteiger partial charge in [-0.1, -0.05) is 11.6 Å². The summed E-state index contributed by atoms with van der Waals surface area (Å²) in [5, 5.41) is 6.03. The van der Waals surface area contributed by atoms with E-state index in [1.165, 1.54) is 11.3 Å². The minimum absolute atomic E-state index is 0.788. The molecule has 0 fully saturated rings. The van der Waals surface area contributed by atoms with Crippen molar-refractivity contribution >= 4 is 22.9 Å². The molecule has 2 aromatic heterocycles. The summed E-state index contributed by atoms with van der Waals surface area (Å²) in [7, 11) is 0. The van der Waals surface area contributed by atoms with Crippen LogP contribution in [0.25, 0.3) is 5.69 Å². The van der Waals surface area contributed by atoms with E-state index >= 15 is 0 Å². The first-order valence-electron chi connectivity index (χ1n) is 3.10. The van der Waals surface area contributed by atoms with E-state index in [0.717, 1.165) is 10.0 Å². The minimum Gasteiger partial charge on any atom is -0.240 e. The number of aromatic nitrogens is 2. The van der Waals surface area contributed by atoms with E-state index in [1.807, 2.05) is 23.7 Å². The molecule has 0 radical (unpaired) electrons.